The number of carbonyl (C=O) groups excluding carboxylic acids is 2. The lowest BCUT2D eigenvalue weighted by Crippen LogP contribution is -2.56. The van der Waals surface area contributed by atoms with E-state index < -0.39 is 46.4 Å². The Bertz CT molecular complexity index is 1510. The largest absolute Gasteiger partial charge is 0.457 e. The minimum absolute atomic E-state index is 0.0515. The normalized spacial score (nSPS) is 12.5. The van der Waals surface area contributed by atoms with E-state index in [9.17, 15) is 36.4 Å². The van der Waals surface area contributed by atoms with Gasteiger partial charge in [-0.1, -0.05) is 30.3 Å². The summed E-state index contributed by atoms with van der Waals surface area (Å²) in [5, 5.41) is 12.1. The maximum Gasteiger partial charge on any atom is 0.416 e. The molecule has 2 amide bonds. The van der Waals surface area contributed by atoms with Crippen molar-refractivity contribution in [3.05, 3.63) is 90.0 Å². The van der Waals surface area contributed by atoms with Crippen LogP contribution in [-0.4, -0.2) is 68.5 Å². The highest BCUT2D eigenvalue weighted by Gasteiger charge is 2.33. The van der Waals surface area contributed by atoms with Crippen molar-refractivity contribution in [2.24, 2.45) is 0 Å². The van der Waals surface area contributed by atoms with Gasteiger partial charge in [-0.2, -0.15) is 13.2 Å². The fourth-order valence-corrected chi connectivity index (χ4v) is 5.28. The van der Waals surface area contributed by atoms with E-state index in [1.54, 1.807) is 36.4 Å². The second kappa shape index (κ2) is 15.6. The number of hydrogen-bond acceptors (Lipinski definition) is 8. The molecule has 0 aliphatic heterocycles. The van der Waals surface area contributed by atoms with Crippen LogP contribution >= 0.6 is 0 Å². The summed E-state index contributed by atoms with van der Waals surface area (Å²) in [6, 6.07) is 17.3. The van der Waals surface area contributed by atoms with Gasteiger partial charge < -0.3 is 14.8 Å². The zero-order valence-electron chi connectivity index (χ0n) is 24.8. The molecular weight excluding hydrogens is 617 g/mol. The fraction of sp³-hybridized carbons (Fsp3) is 0.333. The van der Waals surface area contributed by atoms with Gasteiger partial charge >= 0.3 is 12.3 Å². The molecule has 1 atom stereocenters. The number of halogens is 3. The molecule has 0 aromatic heterocycles. The number of nitrogens with one attached hydrogen (secondary N) is 2. The average Bonchev–Trinajstić information content (AvgIpc) is 2.99. The summed E-state index contributed by atoms with van der Waals surface area (Å²) >= 11 is 0. The van der Waals surface area contributed by atoms with Gasteiger partial charge in [-0.3, -0.25) is 19.2 Å². The second-order valence-corrected chi connectivity index (χ2v) is 12.1. The number of amides is 2. The van der Waals surface area contributed by atoms with Gasteiger partial charge in [-0.25, -0.2) is 18.7 Å². The molecule has 0 aliphatic carbocycles. The maximum atomic E-state index is 12.9. The van der Waals surface area contributed by atoms with Crippen molar-refractivity contribution in [2.75, 3.05) is 30.2 Å². The van der Waals surface area contributed by atoms with Gasteiger partial charge in [0.2, 0.25) is 10.0 Å². The van der Waals surface area contributed by atoms with Gasteiger partial charge in [0.05, 0.1) is 24.1 Å². The van der Waals surface area contributed by atoms with E-state index in [4.69, 9.17) is 9.47 Å². The maximum absolute atomic E-state index is 12.9. The Kier molecular flexibility index (Phi) is 12.2. The number of nitrogens with zero attached hydrogens (tertiary/aromatic N) is 2. The van der Waals surface area contributed by atoms with Crippen LogP contribution in [0.2, 0.25) is 0 Å². The van der Waals surface area contributed by atoms with E-state index in [0.717, 1.165) is 40.4 Å². The van der Waals surface area contributed by atoms with Crippen LogP contribution in [0.4, 0.5) is 23.7 Å². The summed E-state index contributed by atoms with van der Waals surface area (Å²) in [6.07, 6.45) is -4.21. The molecule has 11 nitrogen and oxygen atoms in total. The number of sulfonamides is 1. The Morgan fingerprint density at radius 1 is 0.933 bits per heavy atom. The number of rotatable bonds is 14. The predicted molar refractivity (Wildman–Crippen MR) is 160 cm³/mol. The smallest absolute Gasteiger partial charge is 0.416 e. The average molecular weight is 653 g/mol. The fourth-order valence-electron chi connectivity index (χ4n) is 4.37. The van der Waals surface area contributed by atoms with E-state index in [1.165, 1.54) is 24.3 Å². The monoisotopic (exact) mass is 652 g/mol. The number of benzene rings is 3. The molecule has 45 heavy (non-hydrogen) atoms. The standard InChI is InChI=1S/C30H35F3N4O7S/c1-21(2)36(18-17-34-29(39)43-20-22-7-5-4-6-8-22)27(28(38)35-40)19-37(45(3,41)42)24-11-15-26(16-12-24)44-25-13-9-23(10-14-25)30(31,32)33/h4-16,21,27,40H,17-20H2,1-3H3,(H,34,39)(H,35,38)/t27-/m0/s1. The summed E-state index contributed by atoms with van der Waals surface area (Å²) < 4.78 is 76.0. The van der Waals surface area contributed by atoms with Crippen LogP contribution in [0.25, 0.3) is 0 Å². The first kappa shape index (κ1) is 35.1. The zero-order valence-corrected chi connectivity index (χ0v) is 25.6. The molecule has 3 aromatic carbocycles. The van der Waals surface area contributed by atoms with E-state index in [0.29, 0.717) is 0 Å². The summed E-state index contributed by atoms with van der Waals surface area (Å²) in [7, 11) is -3.96. The predicted octanol–water partition coefficient (Wildman–Crippen LogP) is 4.77. The van der Waals surface area contributed by atoms with Crippen LogP contribution in [0.3, 0.4) is 0 Å². The van der Waals surface area contributed by atoms with Crippen molar-refractivity contribution in [2.45, 2.75) is 38.7 Å². The van der Waals surface area contributed by atoms with Crippen LogP contribution in [0.15, 0.2) is 78.9 Å². The SMILES string of the molecule is CC(C)N(CCNC(=O)OCc1ccccc1)[C@@H](CN(c1ccc(Oc2ccc(C(F)(F)F)cc2)cc1)S(C)(=O)=O)C(=O)NO. The topological polar surface area (TPSA) is 138 Å². The number of hydrogen-bond donors (Lipinski definition) is 3. The third-order valence-corrected chi connectivity index (χ3v) is 7.77. The van der Waals surface area contributed by atoms with Crippen molar-refractivity contribution >= 4 is 27.7 Å². The summed E-state index contributed by atoms with van der Waals surface area (Å²) in [6.45, 7) is 3.35. The Morgan fingerprint density at radius 3 is 2.02 bits per heavy atom. The first-order valence-electron chi connectivity index (χ1n) is 13.8. The van der Waals surface area contributed by atoms with Gasteiger partial charge in [0.1, 0.15) is 24.1 Å². The highest BCUT2D eigenvalue weighted by molar-refractivity contribution is 7.92. The van der Waals surface area contributed by atoms with Gasteiger partial charge in [-0.15, -0.1) is 0 Å². The van der Waals surface area contributed by atoms with Gasteiger partial charge in [0, 0.05) is 19.1 Å². The molecule has 0 heterocycles. The van der Waals surface area contributed by atoms with Crippen LogP contribution < -0.4 is 19.8 Å². The molecule has 0 bridgehead atoms. The van der Waals surface area contributed by atoms with Gasteiger partial charge in [0.15, 0.2) is 0 Å². The van der Waals surface area contributed by atoms with Gasteiger partial charge in [0.25, 0.3) is 5.91 Å². The third-order valence-electron chi connectivity index (χ3n) is 6.61. The molecular formula is C30H35F3N4O7S. The number of anilines is 1. The first-order chi connectivity index (χ1) is 21.2. The Labute approximate surface area is 259 Å². The van der Waals surface area contributed by atoms with Crippen molar-refractivity contribution in [1.82, 2.24) is 15.7 Å². The number of carbonyl (C=O) groups is 2. The molecule has 0 fully saturated rings. The molecule has 0 unspecified atom stereocenters. The number of hydroxylamine groups is 1. The molecule has 3 aromatic rings. The second-order valence-electron chi connectivity index (χ2n) is 10.2. The van der Waals surface area contributed by atoms with Crippen LogP contribution in [0.1, 0.15) is 25.0 Å². The third kappa shape index (κ3) is 10.7. The molecule has 0 radical (unpaired) electrons. The van der Waals surface area contributed by atoms with Gasteiger partial charge in [-0.05, 0) is 67.9 Å². The minimum Gasteiger partial charge on any atom is -0.457 e. The zero-order chi connectivity index (χ0) is 33.2. The Balaban J connectivity index is 1.71. The van der Waals surface area contributed by atoms with Crippen LogP contribution in [0.5, 0.6) is 11.5 Å². The van der Waals surface area contributed by atoms with Crippen LogP contribution in [-0.2, 0) is 32.3 Å². The van der Waals surface area contributed by atoms with E-state index >= 15 is 0 Å². The lowest BCUT2D eigenvalue weighted by molar-refractivity contribution is -0.137. The molecule has 0 saturated carbocycles. The molecule has 15 heteroatoms. The highest BCUT2D eigenvalue weighted by Crippen LogP contribution is 2.32. The minimum atomic E-state index is -4.49. The lowest BCUT2D eigenvalue weighted by Gasteiger charge is -2.36. The number of alkyl carbamates (subject to hydrolysis) is 1. The van der Waals surface area contributed by atoms with Crippen molar-refractivity contribution in [1.29, 1.82) is 0 Å². The molecule has 0 saturated heterocycles. The molecule has 0 aliphatic rings. The Morgan fingerprint density at radius 2 is 1.51 bits per heavy atom. The summed E-state index contributed by atoms with van der Waals surface area (Å²) in [5.74, 6) is -0.502. The highest BCUT2D eigenvalue weighted by atomic mass is 32.2. The first-order valence-corrected chi connectivity index (χ1v) is 15.6. The lowest BCUT2D eigenvalue weighted by atomic mass is 10.1. The quantitative estimate of drug-likeness (QED) is 0.167. The van der Waals surface area contributed by atoms with E-state index in [2.05, 4.69) is 5.32 Å². The number of alkyl halides is 3. The molecule has 3 N–H and O–H groups in total. The van der Waals surface area contributed by atoms with E-state index in [-0.39, 0.29) is 42.9 Å². The molecule has 3 rings (SSSR count). The number of ether oxygens (including phenoxy) is 2. The van der Waals surface area contributed by atoms with Crippen LogP contribution in [0, 0.1) is 0 Å². The summed E-state index contributed by atoms with van der Waals surface area (Å²) in [4.78, 5) is 26.6. The van der Waals surface area contributed by atoms with Crippen molar-refractivity contribution in [3.63, 3.8) is 0 Å². The van der Waals surface area contributed by atoms with E-state index in [1.807, 2.05) is 18.2 Å². The van der Waals surface area contributed by atoms with Crippen molar-refractivity contribution < 1.29 is 45.9 Å². The Hall–Kier alpha value is -4.34. The molecule has 244 valence electrons. The summed E-state index contributed by atoms with van der Waals surface area (Å²) in [5.41, 5.74) is 1.73. The van der Waals surface area contributed by atoms with Crippen molar-refractivity contribution in [3.8, 4) is 11.5 Å². The molecule has 0 spiro atoms.